The van der Waals surface area contributed by atoms with E-state index in [0.717, 1.165) is 0 Å². The molecule has 1 aromatic rings. The number of ether oxygens (including phenoxy) is 1. The molecule has 0 aliphatic rings. The summed E-state index contributed by atoms with van der Waals surface area (Å²) in [6, 6.07) is 5.72. The first-order valence-corrected chi connectivity index (χ1v) is 7.76. The van der Waals surface area contributed by atoms with Gasteiger partial charge in [0.05, 0.1) is 20.0 Å². The van der Waals surface area contributed by atoms with Crippen LogP contribution in [0.1, 0.15) is 25.3 Å². The molecule has 0 aliphatic carbocycles. The van der Waals surface area contributed by atoms with Crippen molar-refractivity contribution >= 4 is 17.8 Å². The van der Waals surface area contributed by atoms with Gasteiger partial charge in [0.25, 0.3) is 0 Å². The molecule has 24 heavy (non-hydrogen) atoms. The minimum absolute atomic E-state index is 0.103. The lowest BCUT2D eigenvalue weighted by Gasteiger charge is -2.22. The molecule has 0 fully saturated rings. The van der Waals surface area contributed by atoms with Gasteiger partial charge in [-0.25, -0.2) is 4.39 Å². The fraction of sp³-hybridized carbons (Fsp3) is 0.471. The molecule has 1 aromatic carbocycles. The second-order valence-corrected chi connectivity index (χ2v) is 5.35. The third-order valence-electron chi connectivity index (χ3n) is 3.41. The van der Waals surface area contributed by atoms with Crippen molar-refractivity contribution in [1.29, 1.82) is 0 Å². The number of nitrogens with zero attached hydrogens (tertiary/aromatic N) is 1. The molecule has 6 nitrogen and oxygen atoms in total. The first-order valence-electron chi connectivity index (χ1n) is 7.76. The van der Waals surface area contributed by atoms with Crippen LogP contribution in [-0.4, -0.2) is 49.4 Å². The lowest BCUT2D eigenvalue weighted by Crippen LogP contribution is -2.36. The summed E-state index contributed by atoms with van der Waals surface area (Å²) < 4.78 is 17.5. The number of carbonyl (C=O) groups is 3. The van der Waals surface area contributed by atoms with Gasteiger partial charge in [0.15, 0.2) is 0 Å². The minimum Gasteiger partial charge on any atom is -0.469 e. The maximum Gasteiger partial charge on any atom is 0.307 e. The number of methoxy groups -OCH3 is 1. The lowest BCUT2D eigenvalue weighted by molar-refractivity contribution is -0.141. The van der Waals surface area contributed by atoms with Crippen molar-refractivity contribution in [3.63, 3.8) is 0 Å². The molecule has 132 valence electrons. The molecule has 0 heterocycles. The topological polar surface area (TPSA) is 75.7 Å². The second kappa shape index (κ2) is 10.4. The fourth-order valence-electron chi connectivity index (χ4n) is 2.11. The van der Waals surface area contributed by atoms with Gasteiger partial charge < -0.3 is 15.0 Å². The van der Waals surface area contributed by atoms with Gasteiger partial charge in [0.2, 0.25) is 11.8 Å². The van der Waals surface area contributed by atoms with E-state index in [1.807, 2.05) is 0 Å². The van der Waals surface area contributed by atoms with Crippen LogP contribution in [-0.2, 0) is 25.5 Å². The highest BCUT2D eigenvalue weighted by Crippen LogP contribution is 2.07. The number of hydrogen-bond donors (Lipinski definition) is 1. The Morgan fingerprint density at radius 2 is 1.83 bits per heavy atom. The van der Waals surface area contributed by atoms with Crippen LogP contribution in [0.25, 0.3) is 0 Å². The van der Waals surface area contributed by atoms with Gasteiger partial charge in [-0.05, 0) is 24.1 Å². The minimum atomic E-state index is -0.392. The number of benzene rings is 1. The maximum atomic E-state index is 12.9. The number of halogens is 1. The Kier molecular flexibility index (Phi) is 8.46. The monoisotopic (exact) mass is 338 g/mol. The molecule has 0 saturated heterocycles. The third-order valence-corrected chi connectivity index (χ3v) is 3.41. The van der Waals surface area contributed by atoms with Gasteiger partial charge in [0, 0.05) is 26.6 Å². The molecule has 0 aromatic heterocycles. The summed E-state index contributed by atoms with van der Waals surface area (Å²) >= 11 is 0. The molecule has 1 N–H and O–H groups in total. The van der Waals surface area contributed by atoms with E-state index >= 15 is 0 Å². The largest absolute Gasteiger partial charge is 0.469 e. The highest BCUT2D eigenvalue weighted by Gasteiger charge is 2.15. The first-order chi connectivity index (χ1) is 11.4. The Morgan fingerprint density at radius 3 is 2.42 bits per heavy atom. The highest BCUT2D eigenvalue weighted by molar-refractivity contribution is 5.79. The van der Waals surface area contributed by atoms with Crippen LogP contribution >= 0.6 is 0 Å². The Labute approximate surface area is 141 Å². The molecule has 0 spiro atoms. The van der Waals surface area contributed by atoms with Crippen LogP contribution in [0.15, 0.2) is 24.3 Å². The molecular weight excluding hydrogens is 315 g/mol. The van der Waals surface area contributed by atoms with Gasteiger partial charge in [-0.1, -0.05) is 12.1 Å². The molecule has 1 rings (SSSR count). The van der Waals surface area contributed by atoms with Crippen LogP contribution in [0.3, 0.4) is 0 Å². The molecule has 0 bridgehead atoms. The van der Waals surface area contributed by atoms with E-state index in [9.17, 15) is 18.8 Å². The SMILES string of the molecule is COC(=O)CCN(CCCNC(C)=O)C(=O)Cc1ccc(F)cc1. The van der Waals surface area contributed by atoms with Crippen molar-refractivity contribution in [3.05, 3.63) is 35.6 Å². The Balaban J connectivity index is 2.59. The first kappa shape index (κ1) is 19.6. The Morgan fingerprint density at radius 1 is 1.17 bits per heavy atom. The zero-order valence-electron chi connectivity index (χ0n) is 14.0. The number of amides is 2. The molecule has 0 atom stereocenters. The third kappa shape index (κ3) is 7.71. The normalized spacial score (nSPS) is 10.1. The lowest BCUT2D eigenvalue weighted by atomic mass is 10.1. The zero-order valence-corrected chi connectivity index (χ0v) is 14.0. The quantitative estimate of drug-likeness (QED) is 0.544. The summed E-state index contributed by atoms with van der Waals surface area (Å²) in [5.74, 6) is -1.04. The van der Waals surface area contributed by atoms with Crippen molar-refractivity contribution in [1.82, 2.24) is 10.2 Å². The predicted octanol–water partition coefficient (Wildman–Crippen LogP) is 1.29. The van der Waals surface area contributed by atoms with Gasteiger partial charge in [-0.2, -0.15) is 0 Å². The number of rotatable bonds is 9. The maximum absolute atomic E-state index is 12.9. The predicted molar refractivity (Wildman–Crippen MR) is 86.6 cm³/mol. The Bertz CT molecular complexity index is 560. The molecule has 0 unspecified atom stereocenters. The van der Waals surface area contributed by atoms with Gasteiger partial charge in [-0.3, -0.25) is 14.4 Å². The summed E-state index contributed by atoms with van der Waals surface area (Å²) in [5, 5.41) is 2.66. The van der Waals surface area contributed by atoms with Crippen molar-refractivity contribution in [3.8, 4) is 0 Å². The van der Waals surface area contributed by atoms with E-state index in [1.165, 1.54) is 26.2 Å². The van der Waals surface area contributed by atoms with Crippen LogP contribution in [0.4, 0.5) is 4.39 Å². The van der Waals surface area contributed by atoms with Crippen molar-refractivity contribution in [2.75, 3.05) is 26.7 Å². The molecule has 0 aliphatic heterocycles. The van der Waals surface area contributed by atoms with Crippen molar-refractivity contribution < 1.29 is 23.5 Å². The van der Waals surface area contributed by atoms with Crippen LogP contribution in [0.5, 0.6) is 0 Å². The fourth-order valence-corrected chi connectivity index (χ4v) is 2.11. The number of esters is 1. The number of hydrogen-bond acceptors (Lipinski definition) is 4. The van der Waals surface area contributed by atoms with E-state index < -0.39 is 5.97 Å². The van der Waals surface area contributed by atoms with Crippen LogP contribution in [0, 0.1) is 5.82 Å². The van der Waals surface area contributed by atoms with Crippen molar-refractivity contribution in [2.24, 2.45) is 0 Å². The number of nitrogens with one attached hydrogen (secondary N) is 1. The molecule has 7 heteroatoms. The van der Waals surface area contributed by atoms with Gasteiger partial charge in [0.1, 0.15) is 5.82 Å². The van der Waals surface area contributed by atoms with Gasteiger partial charge >= 0.3 is 5.97 Å². The zero-order chi connectivity index (χ0) is 17.9. The van der Waals surface area contributed by atoms with Crippen LogP contribution < -0.4 is 5.32 Å². The van der Waals surface area contributed by atoms with Crippen LogP contribution in [0.2, 0.25) is 0 Å². The van der Waals surface area contributed by atoms with E-state index in [0.29, 0.717) is 25.1 Å². The Hall–Kier alpha value is -2.44. The molecular formula is C17H23FN2O4. The molecule has 2 amide bonds. The summed E-state index contributed by atoms with van der Waals surface area (Å²) in [4.78, 5) is 36.1. The summed E-state index contributed by atoms with van der Waals surface area (Å²) in [6.07, 6.45) is 0.809. The highest BCUT2D eigenvalue weighted by atomic mass is 19.1. The van der Waals surface area contributed by atoms with Gasteiger partial charge in [-0.15, -0.1) is 0 Å². The van der Waals surface area contributed by atoms with E-state index in [-0.39, 0.29) is 37.0 Å². The average Bonchev–Trinajstić information content (AvgIpc) is 2.55. The van der Waals surface area contributed by atoms with E-state index in [1.54, 1.807) is 17.0 Å². The number of carbonyl (C=O) groups excluding carboxylic acids is 3. The standard InChI is InChI=1S/C17H23FN2O4/c1-13(21)19-9-3-10-20(11-8-17(23)24-2)16(22)12-14-4-6-15(18)7-5-14/h4-7H,3,8-12H2,1-2H3,(H,19,21). The average molecular weight is 338 g/mol. The smallest absolute Gasteiger partial charge is 0.307 e. The summed E-state index contributed by atoms with van der Waals surface area (Å²) in [7, 11) is 1.30. The van der Waals surface area contributed by atoms with E-state index in [4.69, 9.17) is 0 Å². The molecule has 0 radical (unpaired) electrons. The van der Waals surface area contributed by atoms with Crippen molar-refractivity contribution in [2.45, 2.75) is 26.2 Å². The second-order valence-electron chi connectivity index (χ2n) is 5.35. The summed E-state index contributed by atoms with van der Waals surface area (Å²) in [6.45, 7) is 2.53. The van der Waals surface area contributed by atoms with E-state index in [2.05, 4.69) is 10.1 Å². The summed E-state index contributed by atoms with van der Waals surface area (Å²) in [5.41, 5.74) is 0.700. The molecule has 0 saturated carbocycles.